The Morgan fingerprint density at radius 3 is 2.67 bits per heavy atom. The Kier molecular flexibility index (Phi) is 5.49. The second-order valence-electron chi connectivity index (χ2n) is 4.10. The molecule has 0 atom stereocenters. The van der Waals surface area contributed by atoms with E-state index in [1.165, 1.54) is 12.1 Å². The van der Waals surface area contributed by atoms with E-state index in [1.54, 1.807) is 13.0 Å². The maximum Gasteiger partial charge on any atom is 0.306 e. The molecule has 0 N–H and O–H groups in total. The fraction of sp³-hybridized carbons (Fsp3) is 0.429. The second kappa shape index (κ2) is 6.89. The number of carbonyl (C=O) groups is 2. The molecule has 0 aliphatic rings. The number of rotatable bonds is 6. The maximum absolute atomic E-state index is 13.0. The lowest BCUT2D eigenvalue weighted by Crippen LogP contribution is -2.09. The summed E-state index contributed by atoms with van der Waals surface area (Å²) in [7, 11) is 0. The van der Waals surface area contributed by atoms with Gasteiger partial charge in [0, 0.05) is 12.0 Å². The topological polar surface area (TPSA) is 43.4 Å². The van der Waals surface area contributed by atoms with Gasteiger partial charge in [0.1, 0.15) is 5.82 Å². The molecule has 0 spiro atoms. The first-order valence-corrected chi connectivity index (χ1v) is 5.99. The van der Waals surface area contributed by atoms with Gasteiger partial charge in [0.05, 0.1) is 13.0 Å². The normalized spacial score (nSPS) is 10.2. The maximum atomic E-state index is 13.0. The van der Waals surface area contributed by atoms with Crippen molar-refractivity contribution in [3.05, 3.63) is 35.1 Å². The van der Waals surface area contributed by atoms with Crippen molar-refractivity contribution in [2.75, 3.05) is 6.61 Å². The van der Waals surface area contributed by atoms with Gasteiger partial charge < -0.3 is 4.74 Å². The van der Waals surface area contributed by atoms with Crippen molar-refractivity contribution in [1.29, 1.82) is 0 Å². The molecule has 0 saturated heterocycles. The summed E-state index contributed by atoms with van der Waals surface area (Å²) < 4.78 is 17.9. The van der Waals surface area contributed by atoms with Gasteiger partial charge in [0.25, 0.3) is 0 Å². The van der Waals surface area contributed by atoms with Gasteiger partial charge in [-0.05, 0) is 31.0 Å². The van der Waals surface area contributed by atoms with Crippen LogP contribution in [0, 0.1) is 12.7 Å². The summed E-state index contributed by atoms with van der Waals surface area (Å²) in [5.41, 5.74) is 1.04. The van der Waals surface area contributed by atoms with Crippen LogP contribution in [-0.2, 0) is 9.53 Å². The smallest absolute Gasteiger partial charge is 0.306 e. The Hall–Kier alpha value is -1.71. The zero-order valence-corrected chi connectivity index (χ0v) is 10.7. The molecular weight excluding hydrogens is 235 g/mol. The Morgan fingerprint density at radius 2 is 2.00 bits per heavy atom. The molecule has 3 nitrogen and oxygen atoms in total. The zero-order valence-electron chi connectivity index (χ0n) is 10.7. The summed E-state index contributed by atoms with van der Waals surface area (Å²) in [4.78, 5) is 23.1. The fourth-order valence-electron chi connectivity index (χ4n) is 1.53. The molecule has 0 heterocycles. The Balaban J connectivity index is 2.55. The van der Waals surface area contributed by atoms with E-state index in [9.17, 15) is 14.0 Å². The van der Waals surface area contributed by atoms with E-state index >= 15 is 0 Å². The minimum absolute atomic E-state index is 0.0365. The molecule has 0 aromatic heterocycles. The van der Waals surface area contributed by atoms with Crippen LogP contribution in [0.1, 0.15) is 42.1 Å². The van der Waals surface area contributed by atoms with Gasteiger partial charge >= 0.3 is 5.97 Å². The van der Waals surface area contributed by atoms with Crippen molar-refractivity contribution in [3.8, 4) is 0 Å². The Bertz CT molecular complexity index is 441. The van der Waals surface area contributed by atoms with Gasteiger partial charge in [0.15, 0.2) is 5.78 Å². The summed E-state index contributed by atoms with van der Waals surface area (Å²) in [5, 5.41) is 0. The van der Waals surface area contributed by atoms with Gasteiger partial charge in [-0.25, -0.2) is 4.39 Å². The van der Waals surface area contributed by atoms with Crippen LogP contribution in [0.4, 0.5) is 4.39 Å². The van der Waals surface area contributed by atoms with E-state index in [1.807, 2.05) is 6.92 Å². The van der Waals surface area contributed by atoms with E-state index in [0.29, 0.717) is 17.7 Å². The van der Waals surface area contributed by atoms with Crippen molar-refractivity contribution >= 4 is 11.8 Å². The summed E-state index contributed by atoms with van der Waals surface area (Å²) in [6, 6.07) is 4.06. The monoisotopic (exact) mass is 252 g/mol. The van der Waals surface area contributed by atoms with E-state index < -0.39 is 5.82 Å². The van der Waals surface area contributed by atoms with E-state index in [2.05, 4.69) is 0 Å². The molecule has 0 bridgehead atoms. The minimum atomic E-state index is -0.447. The predicted molar refractivity (Wildman–Crippen MR) is 66.0 cm³/mol. The molecule has 1 aromatic carbocycles. The number of benzene rings is 1. The minimum Gasteiger partial charge on any atom is -0.466 e. The number of Topliss-reactive ketones (excluding diaryl/α,β-unsaturated/α-hetero) is 1. The highest BCUT2D eigenvalue weighted by Crippen LogP contribution is 2.13. The largest absolute Gasteiger partial charge is 0.466 e. The molecule has 18 heavy (non-hydrogen) atoms. The first-order chi connectivity index (χ1) is 8.54. The summed E-state index contributed by atoms with van der Waals surface area (Å²) in [5.74, 6) is -1.07. The SMILES string of the molecule is CCCOC(=O)CCC(=O)c1cc(F)ccc1C. The average molecular weight is 252 g/mol. The van der Waals surface area contributed by atoms with Crippen molar-refractivity contribution < 1.29 is 18.7 Å². The van der Waals surface area contributed by atoms with Crippen LogP contribution in [0.3, 0.4) is 0 Å². The van der Waals surface area contributed by atoms with Gasteiger partial charge in [-0.2, -0.15) is 0 Å². The highest BCUT2D eigenvalue weighted by Gasteiger charge is 2.12. The first kappa shape index (κ1) is 14.4. The van der Waals surface area contributed by atoms with Crippen LogP contribution in [0.15, 0.2) is 18.2 Å². The second-order valence-corrected chi connectivity index (χ2v) is 4.10. The lowest BCUT2D eigenvalue weighted by atomic mass is 10.0. The molecule has 0 radical (unpaired) electrons. The molecule has 4 heteroatoms. The number of esters is 1. The van der Waals surface area contributed by atoms with Gasteiger partial charge in [-0.3, -0.25) is 9.59 Å². The Labute approximate surface area is 106 Å². The number of hydrogen-bond donors (Lipinski definition) is 0. The van der Waals surface area contributed by atoms with Crippen LogP contribution in [-0.4, -0.2) is 18.4 Å². The van der Waals surface area contributed by atoms with E-state index in [0.717, 1.165) is 6.42 Å². The first-order valence-electron chi connectivity index (χ1n) is 5.99. The molecule has 0 aliphatic heterocycles. The lowest BCUT2D eigenvalue weighted by molar-refractivity contribution is -0.143. The summed E-state index contributed by atoms with van der Waals surface area (Å²) in [6.45, 7) is 4.00. The average Bonchev–Trinajstić information content (AvgIpc) is 2.36. The third-order valence-corrected chi connectivity index (χ3v) is 2.52. The molecule has 0 unspecified atom stereocenters. The van der Waals surface area contributed by atoms with Crippen LogP contribution < -0.4 is 0 Å². The molecule has 0 fully saturated rings. The van der Waals surface area contributed by atoms with Crippen molar-refractivity contribution in [3.63, 3.8) is 0 Å². The van der Waals surface area contributed by atoms with Gasteiger partial charge in [0.2, 0.25) is 0 Å². The number of hydrogen-bond acceptors (Lipinski definition) is 3. The standard InChI is InChI=1S/C14H17FO3/c1-3-8-18-14(17)7-6-13(16)12-9-11(15)5-4-10(12)2/h4-5,9H,3,6-8H2,1-2H3. The molecule has 0 saturated carbocycles. The predicted octanol–water partition coefficient (Wildman–Crippen LogP) is 3.05. The Morgan fingerprint density at radius 1 is 1.28 bits per heavy atom. The zero-order chi connectivity index (χ0) is 13.5. The lowest BCUT2D eigenvalue weighted by Gasteiger charge is -2.05. The van der Waals surface area contributed by atoms with E-state index in [-0.39, 0.29) is 24.6 Å². The number of halogens is 1. The molecule has 0 aliphatic carbocycles. The van der Waals surface area contributed by atoms with Crippen molar-refractivity contribution in [2.45, 2.75) is 33.1 Å². The van der Waals surface area contributed by atoms with Gasteiger partial charge in [-0.1, -0.05) is 13.0 Å². The van der Waals surface area contributed by atoms with Crippen molar-refractivity contribution in [2.24, 2.45) is 0 Å². The molecular formula is C14H17FO3. The van der Waals surface area contributed by atoms with Crippen LogP contribution >= 0.6 is 0 Å². The molecule has 1 aromatic rings. The summed E-state index contributed by atoms with van der Waals surface area (Å²) in [6.07, 6.45) is 0.838. The highest BCUT2D eigenvalue weighted by molar-refractivity contribution is 5.98. The van der Waals surface area contributed by atoms with Crippen LogP contribution in [0.5, 0.6) is 0 Å². The number of ketones is 1. The molecule has 0 amide bonds. The molecule has 98 valence electrons. The number of ether oxygens (including phenoxy) is 1. The quantitative estimate of drug-likeness (QED) is 0.577. The third kappa shape index (κ3) is 4.28. The number of aryl methyl sites for hydroxylation is 1. The van der Waals surface area contributed by atoms with Crippen LogP contribution in [0.25, 0.3) is 0 Å². The third-order valence-electron chi connectivity index (χ3n) is 2.52. The highest BCUT2D eigenvalue weighted by atomic mass is 19.1. The van der Waals surface area contributed by atoms with Crippen molar-refractivity contribution in [1.82, 2.24) is 0 Å². The van der Waals surface area contributed by atoms with E-state index in [4.69, 9.17) is 4.74 Å². The summed E-state index contributed by atoms with van der Waals surface area (Å²) >= 11 is 0. The molecule has 1 rings (SSSR count). The van der Waals surface area contributed by atoms with Crippen LogP contribution in [0.2, 0.25) is 0 Å². The van der Waals surface area contributed by atoms with Gasteiger partial charge in [-0.15, -0.1) is 0 Å². The number of carbonyl (C=O) groups excluding carboxylic acids is 2. The fourth-order valence-corrected chi connectivity index (χ4v) is 1.53.